The van der Waals surface area contributed by atoms with Crippen LogP contribution in [0.5, 0.6) is 0 Å². The van der Waals surface area contributed by atoms with Gasteiger partial charge in [0.25, 0.3) is 0 Å². The van der Waals surface area contributed by atoms with Gasteiger partial charge in [-0.25, -0.2) is 0 Å². The summed E-state index contributed by atoms with van der Waals surface area (Å²) in [4.78, 5) is 18.0. The van der Waals surface area contributed by atoms with Gasteiger partial charge in [-0.2, -0.15) is 0 Å². The van der Waals surface area contributed by atoms with Crippen LogP contribution in [0, 0.1) is 0 Å². The fourth-order valence-corrected chi connectivity index (χ4v) is 1.68. The van der Waals surface area contributed by atoms with Gasteiger partial charge >= 0.3 is 0 Å². The molecule has 4 nitrogen and oxygen atoms in total. The van der Waals surface area contributed by atoms with E-state index in [9.17, 15) is 4.79 Å². The highest BCUT2D eigenvalue weighted by Crippen LogP contribution is 1.99. The molecule has 2 rings (SSSR count). The summed E-state index contributed by atoms with van der Waals surface area (Å²) in [5, 5.41) is 3.26. The van der Waals surface area contributed by atoms with Gasteiger partial charge in [-0.05, 0) is 12.1 Å². The summed E-state index contributed by atoms with van der Waals surface area (Å²) in [5.41, 5.74) is 0.566. The number of halogens is 1. The summed E-state index contributed by atoms with van der Waals surface area (Å²) in [6.07, 6.45) is 1.66. The molecule has 0 unspecified atom stereocenters. The van der Waals surface area contributed by atoms with Gasteiger partial charge in [0, 0.05) is 32.4 Å². The molecule has 5 heteroatoms. The monoisotopic (exact) mass is 241 g/mol. The molecule has 1 aromatic heterocycles. The molecule has 0 aliphatic carbocycles. The molecular formula is C11H16ClN3O. The van der Waals surface area contributed by atoms with Crippen LogP contribution in [0.4, 0.5) is 0 Å². The Labute approximate surface area is 101 Å². The average molecular weight is 242 g/mol. The maximum Gasteiger partial charge on any atom is 0.195 e. The Morgan fingerprint density at radius 2 is 2.12 bits per heavy atom. The number of hydrogen-bond acceptors (Lipinski definition) is 4. The second-order valence-corrected chi connectivity index (χ2v) is 3.66. The third-order valence-electron chi connectivity index (χ3n) is 2.53. The number of pyridine rings is 1. The smallest absolute Gasteiger partial charge is 0.195 e. The molecule has 1 aliphatic rings. The first-order chi connectivity index (χ1) is 7.36. The zero-order chi connectivity index (χ0) is 10.5. The minimum atomic E-state index is 0. The van der Waals surface area contributed by atoms with Crippen molar-refractivity contribution in [2.24, 2.45) is 0 Å². The lowest BCUT2D eigenvalue weighted by Gasteiger charge is -2.26. The second kappa shape index (κ2) is 6.58. The van der Waals surface area contributed by atoms with Crippen LogP contribution >= 0.6 is 12.4 Å². The lowest BCUT2D eigenvalue weighted by molar-refractivity contribution is 0.0916. The van der Waals surface area contributed by atoms with Crippen LogP contribution in [0.1, 0.15) is 10.5 Å². The number of piperazine rings is 1. The van der Waals surface area contributed by atoms with Crippen LogP contribution in [0.15, 0.2) is 24.4 Å². The molecule has 0 saturated carbocycles. The molecule has 2 heterocycles. The van der Waals surface area contributed by atoms with Gasteiger partial charge in [0.1, 0.15) is 5.69 Å². The number of nitrogens with zero attached hydrogens (tertiary/aromatic N) is 2. The van der Waals surface area contributed by atoms with E-state index >= 15 is 0 Å². The van der Waals surface area contributed by atoms with Crippen LogP contribution in [0.3, 0.4) is 0 Å². The van der Waals surface area contributed by atoms with Crippen LogP contribution in [-0.4, -0.2) is 48.4 Å². The Morgan fingerprint density at radius 1 is 1.38 bits per heavy atom. The van der Waals surface area contributed by atoms with E-state index < -0.39 is 0 Å². The van der Waals surface area contributed by atoms with E-state index in [4.69, 9.17) is 0 Å². The van der Waals surface area contributed by atoms with E-state index in [0.29, 0.717) is 12.2 Å². The Hall–Kier alpha value is -0.970. The summed E-state index contributed by atoms with van der Waals surface area (Å²) in [5.74, 6) is 0.109. The molecule has 0 amide bonds. The van der Waals surface area contributed by atoms with Crippen molar-refractivity contribution in [3.63, 3.8) is 0 Å². The third-order valence-corrected chi connectivity index (χ3v) is 2.53. The van der Waals surface area contributed by atoms with Crippen molar-refractivity contribution >= 4 is 18.2 Å². The van der Waals surface area contributed by atoms with Crippen molar-refractivity contribution in [2.45, 2.75) is 0 Å². The van der Waals surface area contributed by atoms with Crippen molar-refractivity contribution in [1.82, 2.24) is 15.2 Å². The van der Waals surface area contributed by atoms with E-state index in [2.05, 4.69) is 15.2 Å². The van der Waals surface area contributed by atoms with Crippen molar-refractivity contribution in [1.29, 1.82) is 0 Å². The molecule has 0 aromatic carbocycles. The van der Waals surface area contributed by atoms with Crippen LogP contribution in [0.25, 0.3) is 0 Å². The zero-order valence-corrected chi connectivity index (χ0v) is 9.87. The average Bonchev–Trinajstić information content (AvgIpc) is 2.31. The Kier molecular flexibility index (Phi) is 5.38. The van der Waals surface area contributed by atoms with Gasteiger partial charge in [-0.3, -0.25) is 14.7 Å². The third kappa shape index (κ3) is 3.56. The summed E-state index contributed by atoms with van der Waals surface area (Å²) >= 11 is 0. The Bertz CT molecular complexity index is 325. The van der Waals surface area contributed by atoms with Gasteiger partial charge in [-0.1, -0.05) is 6.07 Å². The molecule has 1 aliphatic heterocycles. The molecule has 1 N–H and O–H groups in total. The first kappa shape index (κ1) is 13.1. The number of carbonyl (C=O) groups is 1. The van der Waals surface area contributed by atoms with Gasteiger partial charge in [0.2, 0.25) is 0 Å². The highest BCUT2D eigenvalue weighted by molar-refractivity contribution is 5.95. The number of aromatic nitrogens is 1. The SMILES string of the molecule is Cl.O=C(CN1CCNCC1)c1ccccn1. The van der Waals surface area contributed by atoms with E-state index in [1.807, 2.05) is 12.1 Å². The standard InChI is InChI=1S/C11H15N3O.ClH/c15-11(10-3-1-2-4-13-10)9-14-7-5-12-6-8-14;/h1-4,12H,5-9H2;1H. The van der Waals surface area contributed by atoms with Crippen LogP contribution < -0.4 is 5.32 Å². The number of Topliss-reactive ketones (excluding diaryl/α,β-unsaturated/α-hetero) is 1. The van der Waals surface area contributed by atoms with E-state index in [1.54, 1.807) is 12.3 Å². The normalized spacial score (nSPS) is 16.5. The van der Waals surface area contributed by atoms with Crippen LogP contribution in [0.2, 0.25) is 0 Å². The highest BCUT2D eigenvalue weighted by atomic mass is 35.5. The van der Waals surface area contributed by atoms with Gasteiger partial charge in [0.05, 0.1) is 6.54 Å². The van der Waals surface area contributed by atoms with Crippen molar-refractivity contribution in [3.8, 4) is 0 Å². The first-order valence-electron chi connectivity index (χ1n) is 5.23. The lowest BCUT2D eigenvalue weighted by Crippen LogP contribution is -2.45. The summed E-state index contributed by atoms with van der Waals surface area (Å²) in [6.45, 7) is 4.31. The molecule has 0 radical (unpaired) electrons. The Balaban J connectivity index is 0.00000128. The van der Waals surface area contributed by atoms with Gasteiger partial charge in [-0.15, -0.1) is 12.4 Å². The summed E-state index contributed by atoms with van der Waals surface area (Å²) in [7, 11) is 0. The molecular weight excluding hydrogens is 226 g/mol. The minimum absolute atomic E-state index is 0. The fraction of sp³-hybridized carbons (Fsp3) is 0.455. The van der Waals surface area contributed by atoms with Crippen molar-refractivity contribution in [3.05, 3.63) is 30.1 Å². The highest BCUT2D eigenvalue weighted by Gasteiger charge is 2.14. The largest absolute Gasteiger partial charge is 0.314 e. The van der Waals surface area contributed by atoms with E-state index in [0.717, 1.165) is 26.2 Å². The molecule has 16 heavy (non-hydrogen) atoms. The predicted molar refractivity (Wildman–Crippen MR) is 65.1 cm³/mol. The number of hydrogen-bond donors (Lipinski definition) is 1. The summed E-state index contributed by atoms with van der Waals surface area (Å²) < 4.78 is 0. The second-order valence-electron chi connectivity index (χ2n) is 3.66. The number of ketones is 1. The minimum Gasteiger partial charge on any atom is -0.314 e. The van der Waals surface area contributed by atoms with E-state index in [1.165, 1.54) is 0 Å². The molecule has 0 atom stereocenters. The molecule has 1 fully saturated rings. The fourth-order valence-electron chi connectivity index (χ4n) is 1.68. The molecule has 0 bridgehead atoms. The zero-order valence-electron chi connectivity index (χ0n) is 9.06. The van der Waals surface area contributed by atoms with Crippen LogP contribution in [-0.2, 0) is 0 Å². The maximum atomic E-state index is 11.8. The van der Waals surface area contributed by atoms with Crippen molar-refractivity contribution < 1.29 is 4.79 Å². The molecule has 88 valence electrons. The van der Waals surface area contributed by atoms with Crippen molar-refractivity contribution in [2.75, 3.05) is 32.7 Å². The quantitative estimate of drug-likeness (QED) is 0.787. The summed E-state index contributed by atoms with van der Waals surface area (Å²) in [6, 6.07) is 5.43. The van der Waals surface area contributed by atoms with Gasteiger partial charge in [0.15, 0.2) is 5.78 Å². The molecule has 1 saturated heterocycles. The molecule has 1 aromatic rings. The first-order valence-corrected chi connectivity index (χ1v) is 5.23. The topological polar surface area (TPSA) is 45.2 Å². The maximum absolute atomic E-state index is 11.8. The number of nitrogens with one attached hydrogen (secondary N) is 1. The molecule has 0 spiro atoms. The number of rotatable bonds is 3. The lowest BCUT2D eigenvalue weighted by atomic mass is 10.2. The van der Waals surface area contributed by atoms with Gasteiger partial charge < -0.3 is 5.32 Å². The predicted octanol–water partition coefficient (Wildman–Crippen LogP) is 0.591. The number of carbonyl (C=O) groups excluding carboxylic acids is 1. The van der Waals surface area contributed by atoms with E-state index in [-0.39, 0.29) is 18.2 Å². The Morgan fingerprint density at radius 3 is 2.75 bits per heavy atom.